The first-order chi connectivity index (χ1) is 14.3. The number of rotatable bonds is 7. The Morgan fingerprint density at radius 3 is 2.50 bits per heavy atom. The second kappa shape index (κ2) is 9.02. The van der Waals surface area contributed by atoms with Crippen LogP contribution in [0.5, 0.6) is 0 Å². The van der Waals surface area contributed by atoms with Crippen LogP contribution in [0.3, 0.4) is 0 Å². The van der Waals surface area contributed by atoms with Crippen molar-refractivity contribution in [2.24, 2.45) is 0 Å². The van der Waals surface area contributed by atoms with Gasteiger partial charge in [0.25, 0.3) is 5.91 Å². The highest BCUT2D eigenvalue weighted by molar-refractivity contribution is 7.70. The minimum atomic E-state index is -2.59. The maximum Gasteiger partial charge on any atom is 0.278 e. The number of carbonyl (C=O) groups excluding carboxylic acids is 1. The van der Waals surface area contributed by atoms with E-state index in [0.717, 1.165) is 0 Å². The second-order valence-electron chi connectivity index (χ2n) is 6.71. The zero-order valence-electron chi connectivity index (χ0n) is 16.6. The minimum absolute atomic E-state index is 0.200. The molecule has 0 bridgehead atoms. The molecular formula is C20H21FN5O3P. The van der Waals surface area contributed by atoms with Crippen molar-refractivity contribution >= 4 is 41.4 Å². The maximum absolute atomic E-state index is 13.4. The van der Waals surface area contributed by atoms with Gasteiger partial charge in [-0.2, -0.15) is 4.39 Å². The van der Waals surface area contributed by atoms with Gasteiger partial charge in [0.05, 0.1) is 18.4 Å². The molecule has 1 aromatic carbocycles. The topological polar surface area (TPSA) is 105 Å². The Morgan fingerprint density at radius 2 is 1.80 bits per heavy atom. The number of halogens is 1. The number of para-hydroxylation sites is 1. The fourth-order valence-corrected chi connectivity index (χ4v) is 3.91. The molecule has 0 fully saturated rings. The van der Waals surface area contributed by atoms with Gasteiger partial charge in [-0.25, -0.2) is 15.4 Å². The number of nitrogens with one attached hydrogen (secondary N) is 3. The van der Waals surface area contributed by atoms with Crippen molar-refractivity contribution in [3.8, 4) is 0 Å². The van der Waals surface area contributed by atoms with E-state index >= 15 is 0 Å². The summed E-state index contributed by atoms with van der Waals surface area (Å²) in [6.45, 7) is 3.34. The van der Waals surface area contributed by atoms with Crippen LogP contribution in [0.2, 0.25) is 0 Å². The van der Waals surface area contributed by atoms with Gasteiger partial charge in [-0.15, -0.1) is 0 Å². The highest BCUT2D eigenvalue weighted by Gasteiger charge is 2.19. The summed E-state index contributed by atoms with van der Waals surface area (Å²) in [5.74, 6) is -0.561. The molecule has 0 atom stereocenters. The summed E-state index contributed by atoms with van der Waals surface area (Å²) in [7, 11) is -1.26. The predicted molar refractivity (Wildman–Crippen MR) is 115 cm³/mol. The number of hydroxylamine groups is 1. The average Bonchev–Trinajstić information content (AvgIpc) is 2.68. The summed E-state index contributed by atoms with van der Waals surface area (Å²) in [6.07, 6.45) is 1.35. The fraction of sp³-hybridized carbons (Fsp3) is 0.150. The number of hydrogen-bond acceptors (Lipinski definition) is 7. The second-order valence-corrected chi connectivity index (χ2v) is 9.90. The first-order valence-corrected chi connectivity index (χ1v) is 11.5. The third-order valence-corrected chi connectivity index (χ3v) is 5.62. The molecule has 0 saturated carbocycles. The number of hydrogen-bond donors (Lipinski definition) is 3. The Kier molecular flexibility index (Phi) is 6.44. The van der Waals surface area contributed by atoms with Crippen LogP contribution < -0.4 is 21.4 Å². The van der Waals surface area contributed by atoms with Crippen molar-refractivity contribution in [1.82, 2.24) is 15.4 Å². The normalized spacial score (nSPS) is 11.1. The van der Waals surface area contributed by atoms with Gasteiger partial charge in [0.2, 0.25) is 5.95 Å². The number of carbonyl (C=O) groups is 1. The Hall–Kier alpha value is -3.29. The van der Waals surface area contributed by atoms with E-state index in [2.05, 4.69) is 26.1 Å². The van der Waals surface area contributed by atoms with Crippen molar-refractivity contribution in [2.45, 2.75) is 0 Å². The van der Waals surface area contributed by atoms with Gasteiger partial charge in [-0.3, -0.25) is 9.63 Å². The minimum Gasteiger partial charge on any atom is -0.354 e. The molecule has 0 aliphatic rings. The van der Waals surface area contributed by atoms with E-state index in [1.54, 1.807) is 49.7 Å². The van der Waals surface area contributed by atoms with Crippen molar-refractivity contribution in [2.75, 3.05) is 31.1 Å². The average molecular weight is 429 g/mol. The third kappa shape index (κ3) is 5.20. The summed E-state index contributed by atoms with van der Waals surface area (Å²) in [5, 5.41) is 6.70. The molecule has 8 nitrogen and oxygen atoms in total. The fourth-order valence-electron chi connectivity index (χ4n) is 2.76. The molecule has 0 aliphatic heterocycles. The molecule has 3 rings (SSSR count). The summed E-state index contributed by atoms with van der Waals surface area (Å²) < 4.78 is 26.1. The Morgan fingerprint density at radius 1 is 1.03 bits per heavy atom. The largest absolute Gasteiger partial charge is 0.354 e. The highest BCUT2D eigenvalue weighted by atomic mass is 31.2. The lowest BCUT2D eigenvalue weighted by Gasteiger charge is -2.17. The quantitative estimate of drug-likeness (QED) is 0.299. The van der Waals surface area contributed by atoms with Gasteiger partial charge in [0.15, 0.2) is 0 Å². The lowest BCUT2D eigenvalue weighted by Crippen LogP contribution is -2.23. The highest BCUT2D eigenvalue weighted by Crippen LogP contribution is 2.38. The number of pyridine rings is 2. The standard InChI is InChI=1S/C20H21FN5O3P/c1-29-26-20(27)13-12-22-19(25-18-10-6-9-17(21)24-18)11-15(13)23-14-7-4-5-8-16(14)30(2,3)28/h4-12H,1-3H3,(H,26,27)(H2,22,23,24,25). The Bertz CT molecular complexity index is 1120. The lowest BCUT2D eigenvalue weighted by molar-refractivity contribution is 0.0538. The first-order valence-electron chi connectivity index (χ1n) is 8.92. The van der Waals surface area contributed by atoms with Crippen molar-refractivity contribution in [3.63, 3.8) is 0 Å². The van der Waals surface area contributed by atoms with Gasteiger partial charge >= 0.3 is 0 Å². The number of benzene rings is 1. The number of amides is 1. The number of aromatic nitrogens is 2. The van der Waals surface area contributed by atoms with Crippen LogP contribution in [-0.2, 0) is 9.40 Å². The monoisotopic (exact) mass is 429 g/mol. The van der Waals surface area contributed by atoms with Crippen LogP contribution in [0.25, 0.3) is 0 Å². The van der Waals surface area contributed by atoms with Crippen LogP contribution in [0, 0.1) is 5.95 Å². The van der Waals surface area contributed by atoms with Gasteiger partial charge in [-0.1, -0.05) is 18.2 Å². The smallest absolute Gasteiger partial charge is 0.278 e. The van der Waals surface area contributed by atoms with E-state index < -0.39 is 19.0 Å². The van der Waals surface area contributed by atoms with Crippen molar-refractivity contribution < 1.29 is 18.6 Å². The summed E-state index contributed by atoms with van der Waals surface area (Å²) in [4.78, 5) is 25.0. The van der Waals surface area contributed by atoms with E-state index in [1.165, 1.54) is 25.4 Å². The molecule has 2 aromatic heterocycles. The van der Waals surface area contributed by atoms with Gasteiger partial charge in [-0.05, 0) is 37.6 Å². The van der Waals surface area contributed by atoms with Gasteiger partial charge in [0.1, 0.15) is 18.8 Å². The van der Waals surface area contributed by atoms with E-state index in [4.69, 9.17) is 4.84 Å². The van der Waals surface area contributed by atoms with Crippen LogP contribution in [0.1, 0.15) is 10.4 Å². The summed E-state index contributed by atoms with van der Waals surface area (Å²) >= 11 is 0. The van der Waals surface area contributed by atoms with Gasteiger partial charge < -0.3 is 15.2 Å². The van der Waals surface area contributed by atoms with E-state index in [9.17, 15) is 13.8 Å². The first kappa shape index (κ1) is 21.4. The zero-order valence-corrected chi connectivity index (χ0v) is 17.5. The van der Waals surface area contributed by atoms with Gasteiger partial charge in [0, 0.05) is 23.3 Å². The molecule has 3 N–H and O–H groups in total. The molecular weight excluding hydrogens is 408 g/mol. The van der Waals surface area contributed by atoms with Crippen LogP contribution in [0.4, 0.5) is 27.4 Å². The van der Waals surface area contributed by atoms with E-state index in [0.29, 0.717) is 22.5 Å². The predicted octanol–water partition coefficient (Wildman–Crippen LogP) is 3.64. The van der Waals surface area contributed by atoms with Crippen LogP contribution >= 0.6 is 7.14 Å². The molecule has 1 amide bonds. The molecule has 156 valence electrons. The molecule has 10 heteroatoms. The zero-order chi connectivity index (χ0) is 21.7. The van der Waals surface area contributed by atoms with Crippen molar-refractivity contribution in [1.29, 1.82) is 0 Å². The molecule has 0 unspecified atom stereocenters. The molecule has 0 spiro atoms. The van der Waals surface area contributed by atoms with Crippen molar-refractivity contribution in [3.05, 3.63) is 66.2 Å². The van der Waals surface area contributed by atoms with Crippen LogP contribution in [-0.4, -0.2) is 36.3 Å². The van der Waals surface area contributed by atoms with E-state index in [-0.39, 0.29) is 11.4 Å². The number of anilines is 4. The Balaban J connectivity index is 2.02. The molecule has 0 saturated heterocycles. The molecule has 3 aromatic rings. The number of nitrogens with zero attached hydrogens (tertiary/aromatic N) is 2. The maximum atomic E-state index is 13.4. The summed E-state index contributed by atoms with van der Waals surface area (Å²) in [5.41, 5.74) is 3.44. The lowest BCUT2D eigenvalue weighted by atomic mass is 10.2. The molecule has 0 aliphatic carbocycles. The SMILES string of the molecule is CONC(=O)c1cnc(Nc2cccc(F)n2)cc1Nc1ccccc1P(C)(C)=O. The molecule has 0 radical (unpaired) electrons. The Labute approximate surface area is 173 Å². The molecule has 2 heterocycles. The molecule has 30 heavy (non-hydrogen) atoms. The third-order valence-electron chi connectivity index (χ3n) is 4.07. The van der Waals surface area contributed by atoms with Crippen LogP contribution in [0.15, 0.2) is 54.7 Å². The van der Waals surface area contributed by atoms with E-state index in [1.807, 2.05) is 0 Å². The summed E-state index contributed by atoms with van der Waals surface area (Å²) in [6, 6.07) is 13.0.